The van der Waals surface area contributed by atoms with E-state index in [0.29, 0.717) is 0 Å². The number of aryl methyl sites for hydroxylation is 1. The zero-order valence-electron chi connectivity index (χ0n) is 33.3. The quantitative estimate of drug-likeness (QED) is 0.137. The first-order valence-corrected chi connectivity index (χ1v) is 20.5. The van der Waals surface area contributed by atoms with Crippen LogP contribution in [0.2, 0.25) is 0 Å². The summed E-state index contributed by atoms with van der Waals surface area (Å²) in [5, 5.41) is 0. The summed E-state index contributed by atoms with van der Waals surface area (Å²) < 4.78 is 0. The van der Waals surface area contributed by atoms with Crippen LogP contribution in [0.4, 0.5) is 28.4 Å². The van der Waals surface area contributed by atoms with Gasteiger partial charge in [-0.1, -0.05) is 175 Å². The summed E-state index contributed by atoms with van der Waals surface area (Å²) in [5.41, 5.74) is 17.6. The predicted octanol–water partition coefficient (Wildman–Crippen LogP) is 15.8. The van der Waals surface area contributed by atoms with Crippen LogP contribution in [0.15, 0.2) is 242 Å². The summed E-state index contributed by atoms with van der Waals surface area (Å²) in [4.78, 5) is 4.70. The van der Waals surface area contributed by atoms with Crippen LogP contribution in [0.25, 0.3) is 33.4 Å². The molecule has 0 radical (unpaired) electrons. The Bertz CT molecular complexity index is 2690. The molecule has 2 aliphatic rings. The molecule has 0 bridgehead atoms. The van der Waals surface area contributed by atoms with Crippen molar-refractivity contribution in [1.82, 2.24) is 0 Å². The Morgan fingerprint density at radius 1 is 0.322 bits per heavy atom. The van der Waals surface area contributed by atoms with Crippen LogP contribution in [-0.2, 0) is 0 Å². The number of allylic oxidation sites excluding steroid dienone is 11. The minimum atomic E-state index is 0.852. The number of hydrogen-bond donors (Lipinski definition) is 0. The minimum Gasteiger partial charge on any atom is -0.311 e. The van der Waals surface area contributed by atoms with Gasteiger partial charge in [-0.05, 0) is 131 Å². The van der Waals surface area contributed by atoms with E-state index in [1.54, 1.807) is 0 Å². The first-order valence-electron chi connectivity index (χ1n) is 20.5. The van der Waals surface area contributed by atoms with Gasteiger partial charge >= 0.3 is 0 Å². The van der Waals surface area contributed by atoms with E-state index in [4.69, 9.17) is 0 Å². The van der Waals surface area contributed by atoms with E-state index in [1.165, 1.54) is 50.1 Å². The Balaban J connectivity index is 1.01. The summed E-state index contributed by atoms with van der Waals surface area (Å²) in [6.07, 6.45) is 21.8. The second kappa shape index (κ2) is 17.4. The summed E-state index contributed by atoms with van der Waals surface area (Å²) in [6.45, 7) is 2.14. The summed E-state index contributed by atoms with van der Waals surface area (Å²) in [5.74, 6) is 0. The van der Waals surface area contributed by atoms with Crippen molar-refractivity contribution in [3.8, 4) is 22.3 Å². The molecule has 7 aromatic carbocycles. The van der Waals surface area contributed by atoms with Gasteiger partial charge in [0.2, 0.25) is 0 Å². The Morgan fingerprint density at radius 3 is 1.27 bits per heavy atom. The molecular weight excluding hydrogens is 713 g/mol. The highest BCUT2D eigenvalue weighted by molar-refractivity contribution is 5.83. The normalized spacial score (nSPS) is 13.5. The highest BCUT2D eigenvalue weighted by Crippen LogP contribution is 2.39. The molecule has 0 saturated heterocycles. The van der Waals surface area contributed by atoms with Crippen LogP contribution >= 0.6 is 0 Å². The van der Waals surface area contributed by atoms with Gasteiger partial charge in [0, 0.05) is 34.1 Å². The largest absolute Gasteiger partial charge is 0.311 e. The third-order valence-electron chi connectivity index (χ3n) is 11.0. The fourth-order valence-electron chi connectivity index (χ4n) is 7.85. The first-order chi connectivity index (χ1) is 29.2. The van der Waals surface area contributed by atoms with Gasteiger partial charge in [0.15, 0.2) is 0 Å². The molecule has 284 valence electrons. The molecule has 0 unspecified atom stereocenters. The van der Waals surface area contributed by atoms with Crippen molar-refractivity contribution in [3.63, 3.8) is 0 Å². The van der Waals surface area contributed by atoms with E-state index in [0.717, 1.165) is 47.0 Å². The number of hydrogen-bond acceptors (Lipinski definition) is 2. The molecule has 0 aromatic heterocycles. The zero-order valence-corrected chi connectivity index (χ0v) is 33.3. The monoisotopic (exact) mass is 758 g/mol. The summed E-state index contributed by atoms with van der Waals surface area (Å²) in [7, 11) is 0. The lowest BCUT2D eigenvalue weighted by Gasteiger charge is -2.27. The minimum absolute atomic E-state index is 0.852. The molecule has 0 heterocycles. The first kappa shape index (κ1) is 37.2. The molecule has 2 aliphatic carbocycles. The Labute approximate surface area is 349 Å². The average Bonchev–Trinajstić information content (AvgIpc) is 3.73. The number of anilines is 5. The molecule has 59 heavy (non-hydrogen) atoms. The van der Waals surface area contributed by atoms with Gasteiger partial charge in [-0.25, -0.2) is 0 Å². The molecule has 0 N–H and O–H groups in total. The van der Waals surface area contributed by atoms with Crippen molar-refractivity contribution < 1.29 is 0 Å². The maximum Gasteiger partial charge on any atom is 0.0462 e. The highest BCUT2D eigenvalue weighted by Gasteiger charge is 2.17. The number of rotatable bonds is 10. The second-order valence-electron chi connectivity index (χ2n) is 15.0. The van der Waals surface area contributed by atoms with Crippen molar-refractivity contribution in [2.75, 3.05) is 9.80 Å². The smallest absolute Gasteiger partial charge is 0.0462 e. The maximum absolute atomic E-state index is 2.36. The molecule has 9 rings (SSSR count). The summed E-state index contributed by atoms with van der Waals surface area (Å²) >= 11 is 0. The molecule has 0 amide bonds. The predicted molar refractivity (Wildman–Crippen MR) is 252 cm³/mol. The fraction of sp³-hybridized carbons (Fsp3) is 0.0526. The van der Waals surface area contributed by atoms with Crippen LogP contribution in [-0.4, -0.2) is 0 Å². The zero-order chi connectivity index (χ0) is 39.8. The van der Waals surface area contributed by atoms with E-state index in [-0.39, 0.29) is 0 Å². The van der Waals surface area contributed by atoms with E-state index >= 15 is 0 Å². The van der Waals surface area contributed by atoms with Gasteiger partial charge in [0.25, 0.3) is 0 Å². The van der Waals surface area contributed by atoms with Gasteiger partial charge in [-0.15, -0.1) is 0 Å². The van der Waals surface area contributed by atoms with Crippen LogP contribution in [0.3, 0.4) is 0 Å². The van der Waals surface area contributed by atoms with E-state index in [1.807, 2.05) is 0 Å². The SMILES string of the molecule is Cc1ccc(N(C2=CCC=C(c3ccccc3)C=C2)c2ccc(-c3ccc(N(c4ccc(C5=CCC=CC=C5)cc4)c4ccc(-c5ccccc5)cc4)cc3)cc2)cc1. The van der Waals surface area contributed by atoms with Crippen molar-refractivity contribution >= 4 is 39.6 Å². The van der Waals surface area contributed by atoms with Crippen molar-refractivity contribution in [2.24, 2.45) is 0 Å². The molecule has 0 spiro atoms. The number of nitrogens with zero attached hydrogens (tertiary/aromatic N) is 2. The highest BCUT2D eigenvalue weighted by atomic mass is 15.1. The van der Waals surface area contributed by atoms with E-state index in [9.17, 15) is 0 Å². The van der Waals surface area contributed by atoms with E-state index in [2.05, 4.69) is 253 Å². The molecule has 2 nitrogen and oxygen atoms in total. The van der Waals surface area contributed by atoms with Crippen molar-refractivity contribution in [3.05, 3.63) is 259 Å². The van der Waals surface area contributed by atoms with Gasteiger partial charge in [-0.3, -0.25) is 0 Å². The lowest BCUT2D eigenvalue weighted by molar-refractivity contribution is 1.18. The molecule has 0 aliphatic heterocycles. The molecular formula is C57H46N2. The van der Waals surface area contributed by atoms with Crippen LogP contribution in [0.1, 0.15) is 29.5 Å². The second-order valence-corrected chi connectivity index (χ2v) is 15.0. The Kier molecular flexibility index (Phi) is 11.0. The van der Waals surface area contributed by atoms with Gasteiger partial charge in [-0.2, -0.15) is 0 Å². The molecule has 2 heteroatoms. The average molecular weight is 759 g/mol. The maximum atomic E-state index is 2.36. The van der Waals surface area contributed by atoms with Gasteiger partial charge < -0.3 is 9.80 Å². The van der Waals surface area contributed by atoms with Gasteiger partial charge in [0.1, 0.15) is 0 Å². The van der Waals surface area contributed by atoms with Crippen molar-refractivity contribution in [2.45, 2.75) is 19.8 Å². The lowest BCUT2D eigenvalue weighted by atomic mass is 10.0. The molecule has 0 fully saturated rings. The molecule has 7 aromatic rings. The lowest BCUT2D eigenvalue weighted by Crippen LogP contribution is -2.15. The van der Waals surface area contributed by atoms with Crippen LogP contribution < -0.4 is 9.80 Å². The Morgan fingerprint density at radius 2 is 0.729 bits per heavy atom. The topological polar surface area (TPSA) is 6.48 Å². The third-order valence-corrected chi connectivity index (χ3v) is 11.0. The molecule has 0 saturated carbocycles. The van der Waals surface area contributed by atoms with Gasteiger partial charge in [0.05, 0.1) is 0 Å². The van der Waals surface area contributed by atoms with Crippen LogP contribution in [0.5, 0.6) is 0 Å². The van der Waals surface area contributed by atoms with E-state index < -0.39 is 0 Å². The standard InChI is InChI=1S/C57H46N2/c1-43-21-32-53(33-22-43)58(52-20-12-19-47(23-34-52)44-15-8-4-9-16-44)54-39-28-50(29-40-54)51-30-41-57(42-31-51)59(56-37-26-49(27-38-56)46-17-10-5-11-18-46)55-35-24-48(25-36-55)45-13-6-2-3-7-14-45/h2-6,8-11,13-42H,7,12H2,1H3. The third kappa shape index (κ3) is 8.49. The number of benzene rings is 7. The summed E-state index contributed by atoms with van der Waals surface area (Å²) in [6, 6.07) is 65.7. The van der Waals surface area contributed by atoms with Crippen molar-refractivity contribution in [1.29, 1.82) is 0 Å². The van der Waals surface area contributed by atoms with Crippen LogP contribution in [0, 0.1) is 6.92 Å². The molecule has 0 atom stereocenters. The fourth-order valence-corrected chi connectivity index (χ4v) is 7.85. The Hall–Kier alpha value is -7.42.